The van der Waals surface area contributed by atoms with Gasteiger partial charge in [-0.1, -0.05) is 30.3 Å². The number of benzene rings is 1. The van der Waals surface area contributed by atoms with Crippen LogP contribution in [0.1, 0.15) is 31.4 Å². The van der Waals surface area contributed by atoms with Gasteiger partial charge in [0, 0.05) is 12.8 Å². The summed E-state index contributed by atoms with van der Waals surface area (Å²) in [7, 11) is 0. The van der Waals surface area contributed by atoms with Crippen LogP contribution in [0.2, 0.25) is 0 Å². The standard InChI is InChI=1S/C16H19N3O/c1-11(20)19-15(13-5-3-2-4-6-13)16-14(17-19)12-7-9-18(16)10-8-12/h2-6,12,15-16H,7-10H2,1H3/t15-,16+/m1/s1. The zero-order valence-electron chi connectivity index (χ0n) is 11.7. The van der Waals surface area contributed by atoms with Gasteiger partial charge in [-0.2, -0.15) is 5.10 Å². The molecule has 2 bridgehead atoms. The minimum absolute atomic E-state index is 0.0429. The number of rotatable bonds is 1. The Bertz CT molecular complexity index is 560. The van der Waals surface area contributed by atoms with Crippen molar-refractivity contribution >= 4 is 11.6 Å². The van der Waals surface area contributed by atoms with Crippen molar-refractivity contribution in [3.05, 3.63) is 35.9 Å². The average Bonchev–Trinajstić information content (AvgIpc) is 2.92. The molecule has 4 heteroatoms. The van der Waals surface area contributed by atoms with Gasteiger partial charge in [0.2, 0.25) is 5.91 Å². The fraction of sp³-hybridized carbons (Fsp3) is 0.500. The van der Waals surface area contributed by atoms with Crippen LogP contribution in [0.25, 0.3) is 0 Å². The topological polar surface area (TPSA) is 35.9 Å². The molecular formula is C16H19N3O. The average molecular weight is 269 g/mol. The van der Waals surface area contributed by atoms with Crippen molar-refractivity contribution in [2.45, 2.75) is 31.8 Å². The first-order chi connectivity index (χ1) is 9.75. The molecule has 1 aromatic carbocycles. The van der Waals surface area contributed by atoms with Crippen molar-refractivity contribution in [1.29, 1.82) is 0 Å². The molecular weight excluding hydrogens is 250 g/mol. The quantitative estimate of drug-likeness (QED) is 0.782. The number of nitrogens with zero attached hydrogens (tertiary/aromatic N) is 3. The van der Waals surface area contributed by atoms with E-state index in [1.165, 1.54) is 24.1 Å². The summed E-state index contributed by atoms with van der Waals surface area (Å²) in [6.07, 6.45) is 2.39. The van der Waals surface area contributed by atoms with Crippen LogP contribution in [0, 0.1) is 5.92 Å². The smallest absolute Gasteiger partial charge is 0.240 e. The Kier molecular flexibility index (Phi) is 2.67. The van der Waals surface area contributed by atoms with E-state index >= 15 is 0 Å². The molecule has 1 amide bonds. The van der Waals surface area contributed by atoms with E-state index in [9.17, 15) is 4.79 Å². The fourth-order valence-electron chi connectivity index (χ4n) is 3.96. The van der Waals surface area contributed by atoms with Gasteiger partial charge < -0.3 is 0 Å². The third-order valence-electron chi connectivity index (χ3n) is 4.89. The summed E-state index contributed by atoms with van der Waals surface area (Å²) in [4.78, 5) is 14.5. The molecule has 4 aliphatic heterocycles. The first kappa shape index (κ1) is 12.1. The molecule has 4 nitrogen and oxygen atoms in total. The van der Waals surface area contributed by atoms with Crippen molar-refractivity contribution in [3.8, 4) is 0 Å². The maximum atomic E-state index is 12.0. The summed E-state index contributed by atoms with van der Waals surface area (Å²) >= 11 is 0. The Morgan fingerprint density at radius 3 is 2.50 bits per heavy atom. The molecule has 3 fully saturated rings. The normalized spacial score (nSPS) is 34.9. The number of amides is 1. The van der Waals surface area contributed by atoms with Crippen molar-refractivity contribution in [1.82, 2.24) is 9.91 Å². The lowest BCUT2D eigenvalue weighted by Gasteiger charge is -2.46. The van der Waals surface area contributed by atoms with Crippen LogP contribution < -0.4 is 0 Å². The number of hydrogen-bond acceptors (Lipinski definition) is 3. The van der Waals surface area contributed by atoms with E-state index in [2.05, 4.69) is 17.0 Å². The zero-order valence-corrected chi connectivity index (χ0v) is 11.7. The number of fused-ring (bicyclic) bond motifs is 2. The molecule has 0 spiro atoms. The van der Waals surface area contributed by atoms with E-state index in [1.807, 2.05) is 18.2 Å². The van der Waals surface area contributed by atoms with Gasteiger partial charge in [0.1, 0.15) is 6.04 Å². The lowest BCUT2D eigenvalue weighted by Crippen LogP contribution is -2.56. The molecule has 0 N–H and O–H groups in total. The SMILES string of the molecule is CC(=O)N1N=C2C3CCN(CC3)[C@@H]2[C@H]1c1ccccc1. The summed E-state index contributed by atoms with van der Waals surface area (Å²) in [6.45, 7) is 3.90. The van der Waals surface area contributed by atoms with E-state index in [4.69, 9.17) is 5.10 Å². The second-order valence-electron chi connectivity index (χ2n) is 6.00. The summed E-state index contributed by atoms with van der Waals surface area (Å²) < 4.78 is 0. The molecule has 104 valence electrons. The molecule has 0 radical (unpaired) electrons. The Morgan fingerprint density at radius 1 is 1.15 bits per heavy atom. The Morgan fingerprint density at radius 2 is 1.85 bits per heavy atom. The maximum Gasteiger partial charge on any atom is 0.240 e. The number of carbonyl (C=O) groups excluding carboxylic acids is 1. The van der Waals surface area contributed by atoms with Gasteiger partial charge >= 0.3 is 0 Å². The maximum absolute atomic E-state index is 12.0. The monoisotopic (exact) mass is 269 g/mol. The highest BCUT2D eigenvalue weighted by atomic mass is 16.2. The second-order valence-corrected chi connectivity index (χ2v) is 6.00. The predicted molar refractivity (Wildman–Crippen MR) is 77.2 cm³/mol. The zero-order chi connectivity index (χ0) is 13.7. The van der Waals surface area contributed by atoms with Crippen LogP contribution in [0.5, 0.6) is 0 Å². The number of hydrazone groups is 1. The highest BCUT2D eigenvalue weighted by Gasteiger charge is 2.50. The minimum Gasteiger partial charge on any atom is -0.293 e. The van der Waals surface area contributed by atoms with Gasteiger partial charge in [-0.15, -0.1) is 0 Å². The molecule has 20 heavy (non-hydrogen) atoms. The van der Waals surface area contributed by atoms with E-state index in [1.54, 1.807) is 11.9 Å². The largest absolute Gasteiger partial charge is 0.293 e. The number of piperidine rings is 3. The third-order valence-corrected chi connectivity index (χ3v) is 4.89. The van der Waals surface area contributed by atoms with Crippen LogP contribution in [0.15, 0.2) is 35.4 Å². The van der Waals surface area contributed by atoms with Gasteiger partial charge in [-0.05, 0) is 31.5 Å². The van der Waals surface area contributed by atoms with Gasteiger partial charge in [-0.3, -0.25) is 9.69 Å². The minimum atomic E-state index is 0.0429. The first-order valence-electron chi connectivity index (χ1n) is 7.43. The first-order valence-corrected chi connectivity index (χ1v) is 7.43. The Labute approximate surface area is 119 Å². The lowest BCUT2D eigenvalue weighted by molar-refractivity contribution is -0.131. The van der Waals surface area contributed by atoms with E-state index in [0.717, 1.165) is 13.1 Å². The van der Waals surface area contributed by atoms with E-state index in [0.29, 0.717) is 12.0 Å². The summed E-state index contributed by atoms with van der Waals surface area (Å²) in [5, 5.41) is 6.42. The number of carbonyl (C=O) groups is 1. The molecule has 0 aromatic heterocycles. The molecule has 4 heterocycles. The fourth-order valence-corrected chi connectivity index (χ4v) is 3.96. The van der Waals surface area contributed by atoms with Crippen LogP contribution in [0.3, 0.4) is 0 Å². The van der Waals surface area contributed by atoms with Crippen molar-refractivity contribution in [3.63, 3.8) is 0 Å². The third kappa shape index (κ3) is 1.64. The number of hydrogen-bond donors (Lipinski definition) is 0. The summed E-state index contributed by atoms with van der Waals surface area (Å²) in [5.74, 6) is 0.627. The lowest BCUT2D eigenvalue weighted by atomic mass is 9.78. The summed E-state index contributed by atoms with van der Waals surface area (Å²) in [5.41, 5.74) is 2.44. The van der Waals surface area contributed by atoms with Crippen LogP contribution in [-0.4, -0.2) is 40.7 Å². The van der Waals surface area contributed by atoms with Crippen molar-refractivity contribution in [2.24, 2.45) is 11.0 Å². The molecule has 2 atom stereocenters. The predicted octanol–water partition coefficient (Wildman–Crippen LogP) is 2.04. The highest BCUT2D eigenvalue weighted by Crippen LogP contribution is 2.43. The van der Waals surface area contributed by atoms with Crippen LogP contribution in [0.4, 0.5) is 0 Å². The molecule has 0 unspecified atom stereocenters. The Hall–Kier alpha value is -1.68. The molecule has 5 rings (SSSR count). The van der Waals surface area contributed by atoms with Gasteiger partial charge in [-0.25, -0.2) is 5.01 Å². The highest BCUT2D eigenvalue weighted by molar-refractivity contribution is 5.97. The van der Waals surface area contributed by atoms with Gasteiger partial charge in [0.25, 0.3) is 0 Å². The van der Waals surface area contributed by atoms with Gasteiger partial charge in [0.15, 0.2) is 0 Å². The van der Waals surface area contributed by atoms with E-state index in [-0.39, 0.29) is 11.9 Å². The second kappa shape index (κ2) is 4.42. The molecule has 1 aromatic rings. The van der Waals surface area contributed by atoms with E-state index < -0.39 is 0 Å². The Balaban J connectivity index is 1.79. The van der Waals surface area contributed by atoms with Crippen molar-refractivity contribution < 1.29 is 4.79 Å². The molecule has 4 aliphatic rings. The summed E-state index contributed by atoms with van der Waals surface area (Å²) in [6, 6.07) is 10.7. The molecule has 3 saturated heterocycles. The molecule has 0 aliphatic carbocycles. The van der Waals surface area contributed by atoms with Crippen LogP contribution >= 0.6 is 0 Å². The van der Waals surface area contributed by atoms with Gasteiger partial charge in [0.05, 0.1) is 11.8 Å². The van der Waals surface area contributed by atoms with Crippen molar-refractivity contribution in [2.75, 3.05) is 13.1 Å². The van der Waals surface area contributed by atoms with Crippen LogP contribution in [-0.2, 0) is 4.79 Å². The molecule has 0 saturated carbocycles.